The Kier molecular flexibility index (Phi) is 4.42. The number of carbonyl (C=O) groups is 1. The van der Waals surface area contributed by atoms with E-state index in [1.54, 1.807) is 12.1 Å². The Morgan fingerprint density at radius 3 is 2.43 bits per heavy atom. The first kappa shape index (κ1) is 16.4. The standard InChI is InChI=1S/C16H21FN2O3S/c1-12(20)13-2-3-16(15(17)10-13)19-7-5-18(6-8-19)14-4-9-23(21,22)11-14/h2-3,10,14H,4-9,11H2,1H3/t14-/m0/s1. The van der Waals surface area contributed by atoms with Crippen LogP contribution in [0.5, 0.6) is 0 Å². The highest BCUT2D eigenvalue weighted by molar-refractivity contribution is 7.91. The zero-order chi connectivity index (χ0) is 16.6. The molecule has 0 radical (unpaired) electrons. The summed E-state index contributed by atoms with van der Waals surface area (Å²) < 4.78 is 37.4. The Bertz CT molecular complexity index is 712. The number of carbonyl (C=O) groups excluding carboxylic acids is 1. The quantitative estimate of drug-likeness (QED) is 0.777. The van der Waals surface area contributed by atoms with Crippen molar-refractivity contribution in [1.29, 1.82) is 0 Å². The molecule has 7 heteroatoms. The molecule has 2 fully saturated rings. The molecule has 0 saturated carbocycles. The Morgan fingerprint density at radius 1 is 1.22 bits per heavy atom. The number of ketones is 1. The van der Waals surface area contributed by atoms with E-state index in [0.717, 1.165) is 13.1 Å². The molecule has 0 spiro atoms. The van der Waals surface area contributed by atoms with Crippen molar-refractivity contribution in [2.45, 2.75) is 19.4 Å². The Hall–Kier alpha value is -1.47. The SMILES string of the molecule is CC(=O)c1ccc(N2CCN([C@H]3CCS(=O)(=O)C3)CC2)c(F)c1. The number of rotatable bonds is 3. The van der Waals surface area contributed by atoms with Crippen LogP contribution in [0.2, 0.25) is 0 Å². The Balaban J connectivity index is 1.64. The van der Waals surface area contributed by atoms with Crippen LogP contribution >= 0.6 is 0 Å². The molecule has 0 N–H and O–H groups in total. The largest absolute Gasteiger partial charge is 0.367 e. The number of sulfone groups is 1. The summed E-state index contributed by atoms with van der Waals surface area (Å²) >= 11 is 0. The number of halogens is 1. The number of piperazine rings is 1. The zero-order valence-electron chi connectivity index (χ0n) is 13.2. The van der Waals surface area contributed by atoms with Gasteiger partial charge in [0.25, 0.3) is 0 Å². The van der Waals surface area contributed by atoms with Gasteiger partial charge in [0.05, 0.1) is 17.2 Å². The number of benzene rings is 1. The van der Waals surface area contributed by atoms with Crippen molar-refractivity contribution in [3.8, 4) is 0 Å². The lowest BCUT2D eigenvalue weighted by Crippen LogP contribution is -2.51. The molecule has 126 valence electrons. The van der Waals surface area contributed by atoms with E-state index in [2.05, 4.69) is 4.90 Å². The molecule has 1 aromatic rings. The molecule has 2 heterocycles. The molecular weight excluding hydrogens is 319 g/mol. The first-order chi connectivity index (χ1) is 10.9. The molecule has 2 aliphatic rings. The van der Waals surface area contributed by atoms with E-state index in [1.165, 1.54) is 13.0 Å². The molecule has 1 aromatic carbocycles. The second-order valence-electron chi connectivity index (χ2n) is 6.30. The summed E-state index contributed by atoms with van der Waals surface area (Å²) in [6.45, 7) is 4.20. The maximum Gasteiger partial charge on any atom is 0.159 e. The van der Waals surface area contributed by atoms with Gasteiger partial charge >= 0.3 is 0 Å². The maximum absolute atomic E-state index is 14.2. The molecular formula is C16H21FN2O3S. The van der Waals surface area contributed by atoms with Crippen LogP contribution in [0.25, 0.3) is 0 Å². The van der Waals surface area contributed by atoms with Crippen molar-refractivity contribution in [3.63, 3.8) is 0 Å². The minimum Gasteiger partial charge on any atom is -0.367 e. The molecule has 0 aromatic heterocycles. The fourth-order valence-corrected chi connectivity index (χ4v) is 5.14. The van der Waals surface area contributed by atoms with Crippen LogP contribution < -0.4 is 4.90 Å². The molecule has 0 amide bonds. The van der Waals surface area contributed by atoms with Gasteiger partial charge in [-0.25, -0.2) is 12.8 Å². The minimum atomic E-state index is -2.88. The summed E-state index contributed by atoms with van der Waals surface area (Å²) in [5, 5.41) is 0. The first-order valence-corrected chi connectivity index (χ1v) is 9.68. The molecule has 0 aliphatic carbocycles. The van der Waals surface area contributed by atoms with E-state index >= 15 is 0 Å². The summed E-state index contributed by atoms with van der Waals surface area (Å²) in [6.07, 6.45) is 0.698. The van der Waals surface area contributed by atoms with E-state index in [9.17, 15) is 17.6 Å². The van der Waals surface area contributed by atoms with Gasteiger partial charge in [0.1, 0.15) is 5.82 Å². The van der Waals surface area contributed by atoms with Crippen LogP contribution in [0, 0.1) is 5.82 Å². The Labute approximate surface area is 136 Å². The van der Waals surface area contributed by atoms with Crippen LogP contribution in [-0.4, -0.2) is 62.8 Å². The average Bonchev–Trinajstić information content (AvgIpc) is 2.87. The van der Waals surface area contributed by atoms with Crippen LogP contribution in [0.1, 0.15) is 23.7 Å². The van der Waals surface area contributed by atoms with Gasteiger partial charge in [0, 0.05) is 37.8 Å². The lowest BCUT2D eigenvalue weighted by molar-refractivity contribution is 0.101. The molecule has 0 unspecified atom stereocenters. The van der Waals surface area contributed by atoms with E-state index in [0.29, 0.717) is 30.8 Å². The highest BCUT2D eigenvalue weighted by atomic mass is 32.2. The lowest BCUT2D eigenvalue weighted by Gasteiger charge is -2.38. The smallest absolute Gasteiger partial charge is 0.159 e. The van der Waals surface area contributed by atoms with Gasteiger partial charge in [-0.05, 0) is 31.5 Å². The topological polar surface area (TPSA) is 57.7 Å². The van der Waals surface area contributed by atoms with Crippen molar-refractivity contribution in [2.75, 3.05) is 42.6 Å². The van der Waals surface area contributed by atoms with Gasteiger partial charge < -0.3 is 4.90 Å². The van der Waals surface area contributed by atoms with E-state index in [1.807, 2.05) is 4.90 Å². The van der Waals surface area contributed by atoms with Crippen LogP contribution in [0.3, 0.4) is 0 Å². The normalized spacial score (nSPS) is 24.8. The molecule has 2 aliphatic heterocycles. The van der Waals surface area contributed by atoms with E-state index in [4.69, 9.17) is 0 Å². The van der Waals surface area contributed by atoms with Crippen molar-refractivity contribution in [1.82, 2.24) is 4.90 Å². The predicted octanol–water partition coefficient (Wildman–Crippen LogP) is 1.34. The Morgan fingerprint density at radius 2 is 1.91 bits per heavy atom. The van der Waals surface area contributed by atoms with E-state index < -0.39 is 9.84 Å². The van der Waals surface area contributed by atoms with Crippen LogP contribution in [-0.2, 0) is 9.84 Å². The number of Topliss-reactive ketones (excluding diaryl/α,β-unsaturated/α-hetero) is 1. The third-order valence-corrected chi connectivity index (χ3v) is 6.48. The third-order valence-electron chi connectivity index (χ3n) is 4.73. The molecule has 1 atom stereocenters. The first-order valence-electron chi connectivity index (χ1n) is 7.86. The molecule has 23 heavy (non-hydrogen) atoms. The molecule has 0 bridgehead atoms. The summed E-state index contributed by atoms with van der Waals surface area (Å²) in [4.78, 5) is 15.4. The zero-order valence-corrected chi connectivity index (χ0v) is 14.0. The predicted molar refractivity (Wildman–Crippen MR) is 87.2 cm³/mol. The monoisotopic (exact) mass is 340 g/mol. The molecule has 2 saturated heterocycles. The number of hydrogen-bond donors (Lipinski definition) is 0. The number of hydrogen-bond acceptors (Lipinski definition) is 5. The van der Waals surface area contributed by atoms with Crippen molar-refractivity contribution in [2.24, 2.45) is 0 Å². The summed E-state index contributed by atoms with van der Waals surface area (Å²) in [5.41, 5.74) is 0.884. The van der Waals surface area contributed by atoms with Crippen molar-refractivity contribution in [3.05, 3.63) is 29.6 Å². The van der Waals surface area contributed by atoms with Gasteiger partial charge in [-0.2, -0.15) is 0 Å². The highest BCUT2D eigenvalue weighted by Crippen LogP contribution is 2.24. The summed E-state index contributed by atoms with van der Waals surface area (Å²) in [7, 11) is -2.88. The van der Waals surface area contributed by atoms with E-state index in [-0.39, 0.29) is 29.1 Å². The van der Waals surface area contributed by atoms with Crippen LogP contribution in [0.15, 0.2) is 18.2 Å². The summed E-state index contributed by atoms with van der Waals surface area (Å²) in [6, 6.07) is 4.69. The van der Waals surface area contributed by atoms with Gasteiger partial charge in [-0.15, -0.1) is 0 Å². The maximum atomic E-state index is 14.2. The second kappa shape index (κ2) is 6.20. The van der Waals surface area contributed by atoms with Gasteiger partial charge in [-0.1, -0.05) is 0 Å². The highest BCUT2D eigenvalue weighted by Gasteiger charge is 2.33. The third kappa shape index (κ3) is 3.55. The lowest BCUT2D eigenvalue weighted by atomic mass is 10.1. The fraction of sp³-hybridized carbons (Fsp3) is 0.562. The molecule has 3 rings (SSSR count). The van der Waals surface area contributed by atoms with Gasteiger partial charge in [0.15, 0.2) is 15.6 Å². The number of anilines is 1. The van der Waals surface area contributed by atoms with Crippen molar-refractivity contribution >= 4 is 21.3 Å². The average molecular weight is 340 g/mol. The van der Waals surface area contributed by atoms with Gasteiger partial charge in [0.2, 0.25) is 0 Å². The number of nitrogens with zero attached hydrogens (tertiary/aromatic N) is 2. The van der Waals surface area contributed by atoms with Gasteiger partial charge in [-0.3, -0.25) is 9.69 Å². The molecule has 5 nitrogen and oxygen atoms in total. The van der Waals surface area contributed by atoms with Crippen molar-refractivity contribution < 1.29 is 17.6 Å². The van der Waals surface area contributed by atoms with Crippen LogP contribution in [0.4, 0.5) is 10.1 Å². The fourth-order valence-electron chi connectivity index (χ4n) is 3.37. The summed E-state index contributed by atoms with van der Waals surface area (Å²) in [5.74, 6) is -0.00876. The second-order valence-corrected chi connectivity index (χ2v) is 8.53. The minimum absolute atomic E-state index is 0.104.